The maximum absolute atomic E-state index is 12.2. The second-order valence-electron chi connectivity index (χ2n) is 3.59. The standard InChI is InChI=1S/C12H10F3NO3S/c1-2-18-10(17)5-7-3-4-9(19-12(13,14)15)8(6-16)11(7)20/h3-4,20H,2,5H2,1H3. The highest BCUT2D eigenvalue weighted by atomic mass is 32.1. The second kappa shape index (κ2) is 6.52. The van der Waals surface area contributed by atoms with E-state index in [0.29, 0.717) is 0 Å². The van der Waals surface area contributed by atoms with E-state index in [4.69, 9.17) is 10.00 Å². The van der Waals surface area contributed by atoms with Gasteiger partial charge in [-0.15, -0.1) is 25.8 Å². The van der Waals surface area contributed by atoms with Crippen molar-refractivity contribution in [3.63, 3.8) is 0 Å². The first-order valence-electron chi connectivity index (χ1n) is 5.44. The Hall–Kier alpha value is -1.88. The molecular formula is C12H10F3NO3S. The van der Waals surface area contributed by atoms with Crippen LogP contribution in [0, 0.1) is 11.3 Å². The highest BCUT2D eigenvalue weighted by Crippen LogP contribution is 2.32. The van der Waals surface area contributed by atoms with Crippen molar-refractivity contribution in [3.05, 3.63) is 23.3 Å². The quantitative estimate of drug-likeness (QED) is 0.686. The molecule has 0 bridgehead atoms. The summed E-state index contributed by atoms with van der Waals surface area (Å²) in [6.45, 7) is 1.81. The molecule has 0 amide bonds. The smallest absolute Gasteiger partial charge is 0.466 e. The van der Waals surface area contributed by atoms with Crippen molar-refractivity contribution in [1.82, 2.24) is 0 Å². The lowest BCUT2D eigenvalue weighted by atomic mass is 10.1. The van der Waals surface area contributed by atoms with E-state index in [1.165, 1.54) is 6.07 Å². The largest absolute Gasteiger partial charge is 0.573 e. The molecule has 4 nitrogen and oxygen atoms in total. The van der Waals surface area contributed by atoms with E-state index in [9.17, 15) is 18.0 Å². The summed E-state index contributed by atoms with van der Waals surface area (Å²) >= 11 is 3.98. The van der Waals surface area contributed by atoms with Gasteiger partial charge in [0.05, 0.1) is 13.0 Å². The van der Waals surface area contributed by atoms with Crippen molar-refractivity contribution in [2.24, 2.45) is 0 Å². The van der Waals surface area contributed by atoms with E-state index in [1.807, 2.05) is 0 Å². The van der Waals surface area contributed by atoms with E-state index in [-0.39, 0.29) is 29.1 Å². The Labute approximate surface area is 118 Å². The Morgan fingerprint density at radius 2 is 2.10 bits per heavy atom. The van der Waals surface area contributed by atoms with Crippen LogP contribution in [0.25, 0.3) is 0 Å². The van der Waals surface area contributed by atoms with Gasteiger partial charge in [0.1, 0.15) is 17.4 Å². The summed E-state index contributed by atoms with van der Waals surface area (Å²) in [5, 5.41) is 8.90. The molecule has 0 saturated heterocycles. The number of thiol groups is 1. The fraction of sp³-hybridized carbons (Fsp3) is 0.333. The number of carbonyl (C=O) groups is 1. The summed E-state index contributed by atoms with van der Waals surface area (Å²) in [7, 11) is 0. The minimum atomic E-state index is -4.91. The molecule has 108 valence electrons. The predicted octanol–water partition coefficient (Wildman–Crippen LogP) is 2.85. The number of rotatable bonds is 4. The van der Waals surface area contributed by atoms with Crippen LogP contribution >= 0.6 is 12.6 Å². The van der Waals surface area contributed by atoms with Gasteiger partial charge in [0, 0.05) is 4.90 Å². The van der Waals surface area contributed by atoms with Gasteiger partial charge in [-0.05, 0) is 18.6 Å². The van der Waals surface area contributed by atoms with Crippen LogP contribution in [0.4, 0.5) is 13.2 Å². The Morgan fingerprint density at radius 3 is 2.60 bits per heavy atom. The van der Waals surface area contributed by atoms with E-state index in [1.54, 1.807) is 13.0 Å². The second-order valence-corrected chi connectivity index (χ2v) is 4.04. The Balaban J connectivity index is 3.09. The molecule has 0 saturated carbocycles. The van der Waals surface area contributed by atoms with E-state index >= 15 is 0 Å². The van der Waals surface area contributed by atoms with E-state index in [0.717, 1.165) is 6.07 Å². The fourth-order valence-electron chi connectivity index (χ4n) is 1.44. The Bertz CT molecular complexity index is 552. The van der Waals surface area contributed by atoms with Gasteiger partial charge in [0.25, 0.3) is 0 Å². The molecule has 20 heavy (non-hydrogen) atoms. The summed E-state index contributed by atoms with van der Waals surface area (Å²) in [5.74, 6) is -1.21. The van der Waals surface area contributed by atoms with Crippen LogP contribution < -0.4 is 4.74 Å². The summed E-state index contributed by atoms with van der Waals surface area (Å²) in [5.41, 5.74) is -0.0923. The Morgan fingerprint density at radius 1 is 1.45 bits per heavy atom. The summed E-state index contributed by atoms with van der Waals surface area (Å²) in [6.07, 6.45) is -5.10. The molecule has 0 N–H and O–H groups in total. The van der Waals surface area contributed by atoms with Gasteiger partial charge in [-0.2, -0.15) is 5.26 Å². The molecule has 0 atom stereocenters. The molecule has 0 fully saturated rings. The van der Waals surface area contributed by atoms with Crippen LogP contribution in [0.5, 0.6) is 5.75 Å². The molecular weight excluding hydrogens is 295 g/mol. The average Bonchev–Trinajstić information content (AvgIpc) is 2.31. The number of benzene rings is 1. The molecule has 8 heteroatoms. The summed E-state index contributed by atoms with van der Waals surface area (Å²) < 4.78 is 45.0. The SMILES string of the molecule is CCOC(=O)Cc1ccc(OC(F)(F)F)c(C#N)c1S. The van der Waals surface area contributed by atoms with Crippen molar-refractivity contribution in [2.75, 3.05) is 6.61 Å². The van der Waals surface area contributed by atoms with Crippen molar-refractivity contribution in [1.29, 1.82) is 5.26 Å². The van der Waals surface area contributed by atoms with Crippen LogP contribution in [0.15, 0.2) is 17.0 Å². The van der Waals surface area contributed by atoms with Crippen LogP contribution in [-0.2, 0) is 16.0 Å². The van der Waals surface area contributed by atoms with Gasteiger partial charge in [-0.1, -0.05) is 6.07 Å². The first-order valence-corrected chi connectivity index (χ1v) is 5.89. The lowest BCUT2D eigenvalue weighted by Gasteiger charge is -2.13. The highest BCUT2D eigenvalue weighted by molar-refractivity contribution is 7.80. The molecule has 0 aliphatic rings. The molecule has 1 aromatic rings. The fourth-order valence-corrected chi connectivity index (χ4v) is 1.76. The number of hydrogen-bond donors (Lipinski definition) is 1. The third-order valence-electron chi connectivity index (χ3n) is 2.20. The normalized spacial score (nSPS) is 10.8. The number of hydrogen-bond acceptors (Lipinski definition) is 5. The highest BCUT2D eigenvalue weighted by Gasteiger charge is 2.32. The molecule has 1 rings (SSSR count). The molecule has 0 aliphatic heterocycles. The van der Waals surface area contributed by atoms with Gasteiger partial charge in [-0.3, -0.25) is 4.79 Å². The maximum Gasteiger partial charge on any atom is 0.573 e. The molecule has 0 unspecified atom stereocenters. The summed E-state index contributed by atoms with van der Waals surface area (Å²) in [4.78, 5) is 11.3. The molecule has 0 aliphatic carbocycles. The first kappa shape index (κ1) is 16.2. The van der Waals surface area contributed by atoms with E-state index < -0.39 is 18.1 Å². The number of halogens is 3. The minimum Gasteiger partial charge on any atom is -0.466 e. The third-order valence-corrected chi connectivity index (χ3v) is 2.71. The number of alkyl halides is 3. The number of esters is 1. The minimum absolute atomic E-state index is 0.0395. The van der Waals surface area contributed by atoms with Gasteiger partial charge >= 0.3 is 12.3 Å². The molecule has 0 radical (unpaired) electrons. The van der Waals surface area contributed by atoms with Crippen LogP contribution in [0.3, 0.4) is 0 Å². The van der Waals surface area contributed by atoms with Crippen molar-refractivity contribution in [2.45, 2.75) is 24.6 Å². The lowest BCUT2D eigenvalue weighted by Crippen LogP contribution is -2.18. The number of ether oxygens (including phenoxy) is 2. The maximum atomic E-state index is 12.2. The number of carbonyl (C=O) groups excluding carboxylic acids is 1. The topological polar surface area (TPSA) is 59.3 Å². The van der Waals surface area contributed by atoms with Gasteiger partial charge in [-0.25, -0.2) is 0 Å². The van der Waals surface area contributed by atoms with Crippen LogP contribution in [-0.4, -0.2) is 18.9 Å². The molecule has 1 aromatic carbocycles. The van der Waals surface area contributed by atoms with Gasteiger partial charge < -0.3 is 9.47 Å². The number of nitrogens with zero attached hydrogens (tertiary/aromatic N) is 1. The van der Waals surface area contributed by atoms with Crippen LogP contribution in [0.1, 0.15) is 18.1 Å². The zero-order chi connectivity index (χ0) is 15.3. The number of nitriles is 1. The zero-order valence-electron chi connectivity index (χ0n) is 10.3. The summed E-state index contributed by atoms with van der Waals surface area (Å²) in [6, 6.07) is 3.79. The average molecular weight is 305 g/mol. The van der Waals surface area contributed by atoms with Crippen molar-refractivity contribution >= 4 is 18.6 Å². The van der Waals surface area contributed by atoms with Gasteiger partial charge in [0.2, 0.25) is 0 Å². The predicted molar refractivity (Wildman–Crippen MR) is 65.4 cm³/mol. The monoisotopic (exact) mass is 305 g/mol. The van der Waals surface area contributed by atoms with Crippen LogP contribution in [0.2, 0.25) is 0 Å². The Kier molecular flexibility index (Phi) is 5.27. The van der Waals surface area contributed by atoms with E-state index in [2.05, 4.69) is 17.4 Å². The molecule has 0 aromatic heterocycles. The first-order chi connectivity index (χ1) is 9.28. The lowest BCUT2D eigenvalue weighted by molar-refractivity contribution is -0.274. The zero-order valence-corrected chi connectivity index (χ0v) is 11.2. The molecule has 0 heterocycles. The molecule has 0 spiro atoms. The van der Waals surface area contributed by atoms with Gasteiger partial charge in [0.15, 0.2) is 0 Å². The van der Waals surface area contributed by atoms with Crippen molar-refractivity contribution < 1.29 is 27.4 Å². The van der Waals surface area contributed by atoms with Crippen molar-refractivity contribution in [3.8, 4) is 11.8 Å². The third kappa shape index (κ3) is 4.35.